The monoisotopic (exact) mass is 504 g/mol. The second-order valence-electron chi connectivity index (χ2n) is 7.91. The van der Waals surface area contributed by atoms with Gasteiger partial charge in [0, 0.05) is 28.4 Å². The fourth-order valence-electron chi connectivity index (χ4n) is 3.84. The molecule has 1 heterocycles. The molecular weight excluding hydrogens is 480 g/mol. The highest BCUT2D eigenvalue weighted by atomic mass is 35.5. The van der Waals surface area contributed by atoms with Gasteiger partial charge in [-0.15, -0.1) is 0 Å². The fraction of sp³-hybridized carbons (Fsp3) is 0.185. The molecule has 0 spiro atoms. The lowest BCUT2D eigenvalue weighted by Gasteiger charge is -2.25. The quantitative estimate of drug-likeness (QED) is 0.458. The van der Waals surface area contributed by atoms with E-state index in [0.29, 0.717) is 27.7 Å². The van der Waals surface area contributed by atoms with Gasteiger partial charge in [0.1, 0.15) is 0 Å². The summed E-state index contributed by atoms with van der Waals surface area (Å²) in [4.78, 5) is 44.8. The van der Waals surface area contributed by atoms with Crippen LogP contribution in [0.4, 0.5) is 16.2 Å². The maximum absolute atomic E-state index is 13.7. The number of benzodiazepines with no additional fused rings is 1. The summed E-state index contributed by atoms with van der Waals surface area (Å²) in [7, 11) is 0. The van der Waals surface area contributed by atoms with Crippen LogP contribution in [0.3, 0.4) is 0 Å². The summed E-state index contributed by atoms with van der Waals surface area (Å²) in [5.74, 6) is -0.884. The first kappa shape index (κ1) is 24.9. The Morgan fingerprint density at radius 2 is 1.69 bits per heavy atom. The van der Waals surface area contributed by atoms with Crippen molar-refractivity contribution in [2.45, 2.75) is 19.5 Å². The number of amides is 3. The molecule has 0 unspecified atom stereocenters. The molecule has 0 fully saturated rings. The van der Waals surface area contributed by atoms with Crippen LogP contribution in [-0.2, 0) is 14.3 Å². The van der Waals surface area contributed by atoms with Crippen molar-refractivity contribution in [1.29, 1.82) is 0 Å². The van der Waals surface area contributed by atoms with Crippen molar-refractivity contribution in [2.75, 3.05) is 23.4 Å². The number of carbonyl (C=O) groups excluding carboxylic acids is 3. The molecule has 3 aromatic carbocycles. The minimum absolute atomic E-state index is 0.00171. The molecule has 184 valence electrons. The Morgan fingerprint density at radius 3 is 2.42 bits per heavy atom. The highest BCUT2D eigenvalue weighted by Gasteiger charge is 2.33. The average Bonchev–Trinajstić information content (AvgIpc) is 2.99. The van der Waals surface area contributed by atoms with Crippen molar-refractivity contribution >= 4 is 46.6 Å². The molecule has 4 rings (SSSR count). The molecule has 0 aliphatic carbocycles. The molecule has 0 radical (unpaired) electrons. The van der Waals surface area contributed by atoms with Gasteiger partial charge in [0.15, 0.2) is 0 Å². The number of rotatable bonds is 7. The standard InChI is InChI=1S/C27H25ClN4O4/c1-2-36-23(33)16-17-32-22-11-7-6-10-21(22)24(18-8-4-3-5-9-18)30-25(26(32)34)31-27(35)29-20-14-12-19(28)13-15-20/h3-15,25H,2,16-17H2,1H3,(H2,29,31,35)/t25-/m0/s1. The van der Waals surface area contributed by atoms with Gasteiger partial charge in [-0.1, -0.05) is 60.1 Å². The molecule has 0 bridgehead atoms. The van der Waals surface area contributed by atoms with Gasteiger partial charge in [0.2, 0.25) is 6.17 Å². The lowest BCUT2D eigenvalue weighted by Crippen LogP contribution is -2.49. The predicted molar refractivity (Wildman–Crippen MR) is 140 cm³/mol. The van der Waals surface area contributed by atoms with Crippen LogP contribution in [-0.4, -0.2) is 42.9 Å². The topological polar surface area (TPSA) is 100 Å². The third-order valence-electron chi connectivity index (χ3n) is 5.47. The molecule has 1 atom stereocenters. The number of benzene rings is 3. The van der Waals surface area contributed by atoms with Crippen molar-refractivity contribution in [3.63, 3.8) is 0 Å². The number of urea groups is 1. The minimum atomic E-state index is -1.23. The van der Waals surface area contributed by atoms with Crippen LogP contribution in [0, 0.1) is 0 Å². The van der Waals surface area contributed by atoms with Gasteiger partial charge in [-0.2, -0.15) is 0 Å². The number of para-hydroxylation sites is 1. The van der Waals surface area contributed by atoms with Crippen molar-refractivity contribution in [2.24, 2.45) is 4.99 Å². The van der Waals surface area contributed by atoms with E-state index in [1.165, 1.54) is 4.90 Å². The zero-order chi connectivity index (χ0) is 25.5. The number of halogens is 1. The largest absolute Gasteiger partial charge is 0.466 e. The number of hydrogen-bond donors (Lipinski definition) is 2. The molecule has 3 aromatic rings. The number of carbonyl (C=O) groups is 3. The smallest absolute Gasteiger partial charge is 0.321 e. The van der Waals surface area contributed by atoms with E-state index in [4.69, 9.17) is 21.3 Å². The molecule has 8 nitrogen and oxygen atoms in total. The summed E-state index contributed by atoms with van der Waals surface area (Å²) in [6, 6.07) is 22.7. The Hall–Kier alpha value is -4.17. The first-order valence-electron chi connectivity index (χ1n) is 11.5. The summed E-state index contributed by atoms with van der Waals surface area (Å²) >= 11 is 5.92. The second kappa shape index (κ2) is 11.5. The van der Waals surface area contributed by atoms with E-state index in [1.54, 1.807) is 37.3 Å². The molecule has 9 heteroatoms. The van der Waals surface area contributed by atoms with Gasteiger partial charge in [0.05, 0.1) is 24.4 Å². The number of esters is 1. The Kier molecular flexibility index (Phi) is 7.97. The molecule has 0 saturated carbocycles. The van der Waals surface area contributed by atoms with E-state index < -0.39 is 24.1 Å². The highest BCUT2D eigenvalue weighted by molar-refractivity contribution is 6.30. The van der Waals surface area contributed by atoms with E-state index in [1.807, 2.05) is 48.5 Å². The van der Waals surface area contributed by atoms with E-state index in [0.717, 1.165) is 5.56 Å². The summed E-state index contributed by atoms with van der Waals surface area (Å²) in [6.45, 7) is 2.05. The zero-order valence-corrected chi connectivity index (χ0v) is 20.4. The highest BCUT2D eigenvalue weighted by Crippen LogP contribution is 2.28. The second-order valence-corrected chi connectivity index (χ2v) is 8.35. The van der Waals surface area contributed by atoms with E-state index >= 15 is 0 Å². The number of aliphatic imine (C=N–C) groups is 1. The number of anilines is 2. The number of ether oxygens (including phenoxy) is 1. The molecule has 1 aliphatic heterocycles. The van der Waals surface area contributed by atoms with Gasteiger partial charge in [-0.05, 0) is 37.3 Å². The van der Waals surface area contributed by atoms with Gasteiger partial charge in [-0.3, -0.25) is 9.59 Å². The lowest BCUT2D eigenvalue weighted by molar-refractivity contribution is -0.142. The van der Waals surface area contributed by atoms with Crippen LogP contribution < -0.4 is 15.5 Å². The van der Waals surface area contributed by atoms with Crippen LogP contribution >= 0.6 is 11.6 Å². The normalized spacial score (nSPS) is 14.8. The maximum Gasteiger partial charge on any atom is 0.321 e. The third kappa shape index (κ3) is 5.90. The summed E-state index contributed by atoms with van der Waals surface area (Å²) in [6.07, 6.45) is -1.24. The SMILES string of the molecule is CCOC(=O)CCN1C(=O)[C@H](NC(=O)Nc2ccc(Cl)cc2)N=C(c2ccccc2)c2ccccc21. The van der Waals surface area contributed by atoms with Crippen molar-refractivity contribution in [3.05, 3.63) is 95.0 Å². The molecule has 3 amide bonds. The summed E-state index contributed by atoms with van der Waals surface area (Å²) in [5.41, 5.74) is 3.15. The number of fused-ring (bicyclic) bond motifs is 1. The summed E-state index contributed by atoms with van der Waals surface area (Å²) < 4.78 is 5.05. The molecular formula is C27H25ClN4O4. The van der Waals surface area contributed by atoms with Gasteiger partial charge in [-0.25, -0.2) is 9.79 Å². The van der Waals surface area contributed by atoms with Crippen LogP contribution in [0.1, 0.15) is 24.5 Å². The van der Waals surface area contributed by atoms with Gasteiger partial charge < -0.3 is 20.3 Å². The van der Waals surface area contributed by atoms with Crippen LogP contribution in [0.25, 0.3) is 0 Å². The first-order valence-corrected chi connectivity index (χ1v) is 11.9. The van der Waals surface area contributed by atoms with Crippen molar-refractivity contribution in [3.8, 4) is 0 Å². The zero-order valence-electron chi connectivity index (χ0n) is 19.6. The molecule has 36 heavy (non-hydrogen) atoms. The van der Waals surface area contributed by atoms with Crippen LogP contribution in [0.2, 0.25) is 5.02 Å². The van der Waals surface area contributed by atoms with Gasteiger partial charge in [0.25, 0.3) is 5.91 Å². The minimum Gasteiger partial charge on any atom is -0.466 e. The van der Waals surface area contributed by atoms with Gasteiger partial charge >= 0.3 is 12.0 Å². The Bertz CT molecular complexity index is 1280. The van der Waals surface area contributed by atoms with E-state index in [2.05, 4.69) is 10.6 Å². The number of hydrogen-bond acceptors (Lipinski definition) is 5. The van der Waals surface area contributed by atoms with Crippen molar-refractivity contribution in [1.82, 2.24) is 5.32 Å². The fourth-order valence-corrected chi connectivity index (χ4v) is 3.97. The Morgan fingerprint density at radius 1 is 1.00 bits per heavy atom. The van der Waals surface area contributed by atoms with Crippen LogP contribution in [0.15, 0.2) is 83.9 Å². The number of nitrogens with one attached hydrogen (secondary N) is 2. The third-order valence-corrected chi connectivity index (χ3v) is 5.72. The molecule has 0 saturated heterocycles. The van der Waals surface area contributed by atoms with Crippen molar-refractivity contribution < 1.29 is 19.1 Å². The maximum atomic E-state index is 13.7. The lowest BCUT2D eigenvalue weighted by atomic mass is 10.0. The molecule has 0 aromatic heterocycles. The molecule has 2 N–H and O–H groups in total. The first-order chi connectivity index (χ1) is 17.5. The Balaban J connectivity index is 1.69. The average molecular weight is 505 g/mol. The summed E-state index contributed by atoms with van der Waals surface area (Å²) in [5, 5.41) is 5.90. The Labute approximate surface area is 213 Å². The predicted octanol–water partition coefficient (Wildman–Crippen LogP) is 4.63. The van der Waals surface area contributed by atoms with Crippen LogP contribution in [0.5, 0.6) is 0 Å². The van der Waals surface area contributed by atoms with E-state index in [-0.39, 0.29) is 19.6 Å². The molecule has 1 aliphatic rings. The number of nitrogens with zero attached hydrogens (tertiary/aromatic N) is 2. The van der Waals surface area contributed by atoms with E-state index in [9.17, 15) is 14.4 Å².